The maximum atomic E-state index is 12.5. The minimum atomic E-state index is -0.444. The van der Waals surface area contributed by atoms with Crippen LogP contribution in [0, 0.1) is 17.0 Å². The van der Waals surface area contributed by atoms with Crippen molar-refractivity contribution in [3.8, 4) is 0 Å². The highest BCUT2D eigenvalue weighted by atomic mass is 79.9. The molecular formula is C14H18BrN3O3. The summed E-state index contributed by atoms with van der Waals surface area (Å²) in [6, 6.07) is 4.40. The SMILES string of the molecule is Cc1cc([N+](=O)[O-])ccc1C(=O)N1CCN(CCBr)CC1. The van der Waals surface area contributed by atoms with Gasteiger partial charge in [0.2, 0.25) is 0 Å². The first-order chi connectivity index (χ1) is 10.0. The van der Waals surface area contributed by atoms with Gasteiger partial charge in [0.25, 0.3) is 11.6 Å². The molecule has 21 heavy (non-hydrogen) atoms. The molecule has 1 aliphatic rings. The fourth-order valence-corrected chi connectivity index (χ4v) is 2.97. The van der Waals surface area contributed by atoms with Crippen molar-refractivity contribution >= 4 is 27.5 Å². The van der Waals surface area contributed by atoms with Gasteiger partial charge in [-0.3, -0.25) is 19.8 Å². The van der Waals surface area contributed by atoms with E-state index in [0.717, 1.165) is 25.0 Å². The van der Waals surface area contributed by atoms with Crippen LogP contribution >= 0.6 is 15.9 Å². The highest BCUT2D eigenvalue weighted by Crippen LogP contribution is 2.19. The molecule has 1 aliphatic heterocycles. The molecule has 0 N–H and O–H groups in total. The number of nitro benzene ring substituents is 1. The molecule has 1 saturated heterocycles. The zero-order valence-corrected chi connectivity index (χ0v) is 13.5. The zero-order valence-electron chi connectivity index (χ0n) is 11.9. The van der Waals surface area contributed by atoms with Gasteiger partial charge in [0.05, 0.1) is 4.92 Å². The molecule has 6 nitrogen and oxygen atoms in total. The van der Waals surface area contributed by atoms with Gasteiger partial charge >= 0.3 is 0 Å². The molecule has 0 radical (unpaired) electrons. The third-order valence-electron chi connectivity index (χ3n) is 3.71. The first-order valence-corrected chi connectivity index (χ1v) is 7.97. The van der Waals surface area contributed by atoms with E-state index < -0.39 is 4.92 Å². The number of rotatable bonds is 4. The molecule has 0 spiro atoms. The van der Waals surface area contributed by atoms with Gasteiger partial charge in [-0.2, -0.15) is 0 Å². The molecule has 0 saturated carbocycles. The van der Waals surface area contributed by atoms with Crippen LogP contribution < -0.4 is 0 Å². The van der Waals surface area contributed by atoms with Gasteiger partial charge in [0, 0.05) is 55.8 Å². The summed E-state index contributed by atoms with van der Waals surface area (Å²) in [5.41, 5.74) is 1.22. The van der Waals surface area contributed by atoms with E-state index in [-0.39, 0.29) is 11.6 Å². The standard InChI is InChI=1S/C14H18BrN3O3/c1-11-10-12(18(20)21)2-3-13(11)14(19)17-8-6-16(5-4-15)7-9-17/h2-3,10H,4-9H2,1H3. The van der Waals surface area contributed by atoms with E-state index in [0.29, 0.717) is 24.2 Å². The average molecular weight is 356 g/mol. The van der Waals surface area contributed by atoms with Crippen molar-refractivity contribution in [3.63, 3.8) is 0 Å². The normalized spacial score (nSPS) is 16.0. The fraction of sp³-hybridized carbons (Fsp3) is 0.500. The number of hydrogen-bond donors (Lipinski definition) is 0. The summed E-state index contributed by atoms with van der Waals surface area (Å²) in [4.78, 5) is 26.9. The van der Waals surface area contributed by atoms with Gasteiger partial charge in [-0.1, -0.05) is 15.9 Å². The quantitative estimate of drug-likeness (QED) is 0.471. The van der Waals surface area contributed by atoms with E-state index in [9.17, 15) is 14.9 Å². The average Bonchev–Trinajstić information content (AvgIpc) is 2.47. The predicted octanol–water partition coefficient (Wildman–Crippen LogP) is 2.06. The number of nitrogens with zero attached hydrogens (tertiary/aromatic N) is 3. The monoisotopic (exact) mass is 355 g/mol. The van der Waals surface area contributed by atoms with Gasteiger partial charge in [-0.05, 0) is 18.6 Å². The molecule has 1 aromatic carbocycles. The maximum absolute atomic E-state index is 12.5. The van der Waals surface area contributed by atoms with Crippen molar-refractivity contribution in [1.29, 1.82) is 0 Å². The van der Waals surface area contributed by atoms with Crippen molar-refractivity contribution in [2.45, 2.75) is 6.92 Å². The third-order valence-corrected chi connectivity index (χ3v) is 4.07. The Labute approximate surface area is 132 Å². The van der Waals surface area contributed by atoms with E-state index in [1.807, 2.05) is 4.90 Å². The van der Waals surface area contributed by atoms with Gasteiger partial charge in [0.1, 0.15) is 0 Å². The number of carbonyl (C=O) groups excluding carboxylic acids is 1. The largest absolute Gasteiger partial charge is 0.336 e. The second-order valence-corrected chi connectivity index (χ2v) is 5.87. The van der Waals surface area contributed by atoms with Gasteiger partial charge in [-0.25, -0.2) is 0 Å². The lowest BCUT2D eigenvalue weighted by Gasteiger charge is -2.34. The fourth-order valence-electron chi connectivity index (χ4n) is 2.47. The van der Waals surface area contributed by atoms with Crippen LogP contribution in [-0.4, -0.2) is 58.7 Å². The van der Waals surface area contributed by atoms with Crippen LogP contribution in [0.15, 0.2) is 18.2 Å². The van der Waals surface area contributed by atoms with Gasteiger partial charge in [-0.15, -0.1) is 0 Å². The number of alkyl halides is 1. The van der Waals surface area contributed by atoms with Crippen molar-refractivity contribution in [2.75, 3.05) is 38.1 Å². The number of carbonyl (C=O) groups is 1. The smallest absolute Gasteiger partial charge is 0.269 e. The highest BCUT2D eigenvalue weighted by molar-refractivity contribution is 9.09. The van der Waals surface area contributed by atoms with E-state index in [2.05, 4.69) is 20.8 Å². The van der Waals surface area contributed by atoms with Crippen LogP contribution in [0.25, 0.3) is 0 Å². The van der Waals surface area contributed by atoms with E-state index >= 15 is 0 Å². The lowest BCUT2D eigenvalue weighted by atomic mass is 10.1. The maximum Gasteiger partial charge on any atom is 0.269 e. The Balaban J connectivity index is 2.06. The Morgan fingerprint density at radius 3 is 2.52 bits per heavy atom. The lowest BCUT2D eigenvalue weighted by molar-refractivity contribution is -0.384. The number of aryl methyl sites for hydroxylation is 1. The second-order valence-electron chi connectivity index (χ2n) is 5.08. The van der Waals surface area contributed by atoms with Crippen molar-refractivity contribution in [2.24, 2.45) is 0 Å². The molecule has 114 valence electrons. The molecule has 7 heteroatoms. The van der Waals surface area contributed by atoms with Crippen LogP contribution in [0.2, 0.25) is 0 Å². The molecule has 1 fully saturated rings. The Kier molecular flexibility index (Phi) is 5.30. The molecule has 0 aromatic heterocycles. The summed E-state index contributed by atoms with van der Waals surface area (Å²) >= 11 is 3.42. The van der Waals surface area contributed by atoms with Crippen LogP contribution in [-0.2, 0) is 0 Å². The molecule has 0 bridgehead atoms. The number of piperazine rings is 1. The summed E-state index contributed by atoms with van der Waals surface area (Å²) in [5.74, 6) is -0.0408. The minimum Gasteiger partial charge on any atom is -0.336 e. The zero-order chi connectivity index (χ0) is 15.4. The summed E-state index contributed by atoms with van der Waals surface area (Å²) in [6.45, 7) is 5.84. The number of hydrogen-bond acceptors (Lipinski definition) is 4. The molecule has 1 heterocycles. The summed E-state index contributed by atoms with van der Waals surface area (Å²) in [5, 5.41) is 11.7. The van der Waals surface area contributed by atoms with Crippen LogP contribution in [0.3, 0.4) is 0 Å². The highest BCUT2D eigenvalue weighted by Gasteiger charge is 2.23. The van der Waals surface area contributed by atoms with E-state index in [1.165, 1.54) is 12.1 Å². The molecule has 1 amide bonds. The lowest BCUT2D eigenvalue weighted by Crippen LogP contribution is -2.49. The number of amides is 1. The first-order valence-electron chi connectivity index (χ1n) is 6.85. The van der Waals surface area contributed by atoms with E-state index in [1.54, 1.807) is 13.0 Å². The first kappa shape index (κ1) is 15.9. The number of non-ortho nitro benzene ring substituents is 1. The van der Waals surface area contributed by atoms with E-state index in [4.69, 9.17) is 0 Å². The van der Waals surface area contributed by atoms with Crippen LogP contribution in [0.5, 0.6) is 0 Å². The predicted molar refractivity (Wildman–Crippen MR) is 84.0 cm³/mol. The Morgan fingerprint density at radius 2 is 2.00 bits per heavy atom. The number of halogens is 1. The van der Waals surface area contributed by atoms with Gasteiger partial charge < -0.3 is 4.90 Å². The topological polar surface area (TPSA) is 66.7 Å². The van der Waals surface area contributed by atoms with Crippen LogP contribution in [0.1, 0.15) is 15.9 Å². The summed E-state index contributed by atoms with van der Waals surface area (Å²) in [7, 11) is 0. The summed E-state index contributed by atoms with van der Waals surface area (Å²) < 4.78 is 0. The molecule has 2 rings (SSSR count). The molecule has 0 atom stereocenters. The number of benzene rings is 1. The molecule has 1 aromatic rings. The Morgan fingerprint density at radius 1 is 1.33 bits per heavy atom. The Hall–Kier alpha value is -1.47. The van der Waals surface area contributed by atoms with Crippen molar-refractivity contribution in [1.82, 2.24) is 9.80 Å². The molecular weight excluding hydrogens is 338 g/mol. The Bertz CT molecular complexity index is 542. The molecule has 0 aliphatic carbocycles. The summed E-state index contributed by atoms with van der Waals surface area (Å²) in [6.07, 6.45) is 0. The second kappa shape index (κ2) is 7.00. The van der Waals surface area contributed by atoms with Crippen LogP contribution in [0.4, 0.5) is 5.69 Å². The molecule has 0 unspecified atom stereocenters. The minimum absolute atomic E-state index is 0.0196. The third kappa shape index (κ3) is 3.79. The van der Waals surface area contributed by atoms with Gasteiger partial charge in [0.15, 0.2) is 0 Å². The van der Waals surface area contributed by atoms with Crippen molar-refractivity contribution in [3.05, 3.63) is 39.4 Å². The van der Waals surface area contributed by atoms with Crippen molar-refractivity contribution < 1.29 is 9.72 Å². The number of nitro groups is 1.